The summed E-state index contributed by atoms with van der Waals surface area (Å²) in [6, 6.07) is 0. The minimum Gasteiger partial charge on any atom is -0.507 e. The second kappa shape index (κ2) is 8.46. The maximum Gasteiger partial charge on any atom is 0.295 e. The molecule has 1 unspecified atom stereocenters. The minimum atomic E-state index is -4.52. The van der Waals surface area contributed by atoms with E-state index in [-0.39, 0.29) is 32.8 Å². The van der Waals surface area contributed by atoms with E-state index in [9.17, 15) is 18.1 Å². The molecule has 1 rings (SSSR count). The van der Waals surface area contributed by atoms with Crippen molar-refractivity contribution in [3.8, 4) is 5.75 Å². The normalized spacial score (nSPS) is 15.0. The van der Waals surface area contributed by atoms with Crippen LogP contribution in [0, 0.1) is 42.9 Å². The molecule has 0 aromatic heterocycles. The van der Waals surface area contributed by atoms with Crippen molar-refractivity contribution in [1.29, 1.82) is 0 Å². The van der Waals surface area contributed by atoms with Crippen molar-refractivity contribution in [3.05, 3.63) is 22.3 Å². The Morgan fingerprint density at radius 1 is 0.833 bits per heavy atom. The molecular weight excluding hydrogens is 396 g/mol. The molecule has 174 valence electrons. The quantitative estimate of drug-likeness (QED) is 0.440. The zero-order valence-corrected chi connectivity index (χ0v) is 22.0. The molecule has 0 radical (unpaired) electrons. The molecular formula is C25H44O4S. The Hall–Kier alpha value is -1.07. The van der Waals surface area contributed by atoms with Gasteiger partial charge in [0.1, 0.15) is 10.6 Å². The van der Waals surface area contributed by atoms with E-state index in [1.165, 1.54) is 0 Å². The van der Waals surface area contributed by atoms with Gasteiger partial charge >= 0.3 is 0 Å². The first-order valence-electron chi connectivity index (χ1n) is 10.9. The van der Waals surface area contributed by atoms with E-state index < -0.39 is 10.1 Å². The number of hydrogen-bond donors (Lipinski definition) is 2. The van der Waals surface area contributed by atoms with Crippen molar-refractivity contribution in [1.82, 2.24) is 0 Å². The van der Waals surface area contributed by atoms with Crippen LogP contribution in [-0.2, 0) is 10.1 Å². The number of phenols is 1. The van der Waals surface area contributed by atoms with Gasteiger partial charge in [-0.2, -0.15) is 8.42 Å². The average Bonchev–Trinajstić information content (AvgIpc) is 2.44. The highest BCUT2D eigenvalue weighted by molar-refractivity contribution is 7.86. The first-order valence-corrected chi connectivity index (χ1v) is 12.4. The van der Waals surface area contributed by atoms with Crippen molar-refractivity contribution in [2.24, 2.45) is 22.2 Å². The van der Waals surface area contributed by atoms with Gasteiger partial charge in [-0.1, -0.05) is 62.3 Å². The molecule has 4 nitrogen and oxygen atoms in total. The lowest BCUT2D eigenvalue weighted by Gasteiger charge is -2.49. The highest BCUT2D eigenvalue weighted by Crippen LogP contribution is 2.58. The molecule has 5 heteroatoms. The van der Waals surface area contributed by atoms with Gasteiger partial charge < -0.3 is 5.11 Å². The Morgan fingerprint density at radius 2 is 1.30 bits per heavy atom. The second-order valence-corrected chi connectivity index (χ2v) is 13.5. The Balaban J connectivity index is 4.14. The molecule has 0 saturated heterocycles. The van der Waals surface area contributed by atoms with E-state index >= 15 is 0 Å². The van der Waals surface area contributed by atoms with Crippen LogP contribution >= 0.6 is 0 Å². The van der Waals surface area contributed by atoms with E-state index in [4.69, 9.17) is 0 Å². The smallest absolute Gasteiger partial charge is 0.295 e. The maximum absolute atomic E-state index is 12.6. The average molecular weight is 441 g/mol. The van der Waals surface area contributed by atoms with E-state index in [2.05, 4.69) is 62.3 Å². The summed E-state index contributed by atoms with van der Waals surface area (Å²) in [5.74, 6) is 0.119. The SMILES string of the molecule is Cc1c(C)c(O)c(C(C(C)(C)CC(C)C)C(C)(C)CC(C)(C)C)c(S(=O)(=O)O)c1C. The molecule has 0 aliphatic carbocycles. The van der Waals surface area contributed by atoms with Gasteiger partial charge in [0, 0.05) is 5.56 Å². The number of benzene rings is 1. The van der Waals surface area contributed by atoms with Gasteiger partial charge in [0.05, 0.1) is 0 Å². The first kappa shape index (κ1) is 27.0. The van der Waals surface area contributed by atoms with Gasteiger partial charge in [0.2, 0.25) is 0 Å². The van der Waals surface area contributed by atoms with E-state index in [1.807, 2.05) is 6.92 Å². The maximum atomic E-state index is 12.6. The Bertz CT molecular complexity index is 885. The fourth-order valence-electron chi connectivity index (χ4n) is 6.22. The van der Waals surface area contributed by atoms with Crippen molar-refractivity contribution < 1.29 is 18.1 Å². The number of hydrogen-bond acceptors (Lipinski definition) is 3. The highest BCUT2D eigenvalue weighted by atomic mass is 32.2. The predicted molar refractivity (Wildman–Crippen MR) is 126 cm³/mol. The third-order valence-corrected chi connectivity index (χ3v) is 7.39. The van der Waals surface area contributed by atoms with Crippen LogP contribution in [0.1, 0.15) is 103 Å². The van der Waals surface area contributed by atoms with Gasteiger partial charge in [-0.05, 0) is 78.4 Å². The lowest BCUT2D eigenvalue weighted by molar-refractivity contribution is 0.0754. The number of aromatic hydroxyl groups is 1. The van der Waals surface area contributed by atoms with Crippen LogP contribution in [0.2, 0.25) is 0 Å². The van der Waals surface area contributed by atoms with Crippen molar-refractivity contribution in [3.63, 3.8) is 0 Å². The number of rotatable bonds is 7. The van der Waals surface area contributed by atoms with Crippen LogP contribution in [0.3, 0.4) is 0 Å². The molecule has 0 amide bonds. The third-order valence-electron chi connectivity index (χ3n) is 6.35. The zero-order valence-electron chi connectivity index (χ0n) is 21.2. The molecule has 30 heavy (non-hydrogen) atoms. The molecule has 0 fully saturated rings. The van der Waals surface area contributed by atoms with Crippen LogP contribution in [0.5, 0.6) is 5.75 Å². The van der Waals surface area contributed by atoms with Crippen LogP contribution in [0.15, 0.2) is 4.90 Å². The fraction of sp³-hybridized carbons (Fsp3) is 0.760. The van der Waals surface area contributed by atoms with Gasteiger partial charge in [0.25, 0.3) is 10.1 Å². The largest absolute Gasteiger partial charge is 0.507 e. The highest BCUT2D eigenvalue weighted by Gasteiger charge is 2.47. The molecule has 1 aromatic rings. The lowest BCUT2D eigenvalue weighted by atomic mass is 9.56. The Morgan fingerprint density at radius 3 is 1.67 bits per heavy atom. The summed E-state index contributed by atoms with van der Waals surface area (Å²) in [6.07, 6.45) is 1.70. The summed E-state index contributed by atoms with van der Waals surface area (Å²) in [4.78, 5) is -0.119. The monoisotopic (exact) mass is 440 g/mol. The van der Waals surface area contributed by atoms with E-state index in [0.29, 0.717) is 28.2 Å². The molecule has 0 aliphatic rings. The first-order chi connectivity index (χ1) is 13.1. The topological polar surface area (TPSA) is 74.6 Å². The molecule has 0 heterocycles. The van der Waals surface area contributed by atoms with Gasteiger partial charge in [-0.15, -0.1) is 0 Å². The van der Waals surface area contributed by atoms with Gasteiger partial charge in [-0.25, -0.2) is 0 Å². The minimum absolute atomic E-state index is 0.00506. The van der Waals surface area contributed by atoms with E-state index in [0.717, 1.165) is 12.8 Å². The van der Waals surface area contributed by atoms with Crippen LogP contribution < -0.4 is 0 Å². The summed E-state index contributed by atoms with van der Waals surface area (Å²) in [5.41, 5.74) is 1.62. The molecule has 2 N–H and O–H groups in total. The molecule has 1 aromatic carbocycles. The molecule has 0 bridgehead atoms. The summed E-state index contributed by atoms with van der Waals surface area (Å²) in [7, 11) is -4.52. The van der Waals surface area contributed by atoms with Crippen LogP contribution in [0.4, 0.5) is 0 Å². The molecule has 0 saturated carbocycles. The summed E-state index contributed by atoms with van der Waals surface area (Å²) < 4.78 is 35.4. The molecule has 1 atom stereocenters. The van der Waals surface area contributed by atoms with Crippen molar-refractivity contribution >= 4 is 10.1 Å². The van der Waals surface area contributed by atoms with Crippen molar-refractivity contribution in [2.75, 3.05) is 0 Å². The molecule has 0 aliphatic heterocycles. The fourth-order valence-corrected chi connectivity index (χ4v) is 7.25. The second-order valence-electron chi connectivity index (χ2n) is 12.2. The zero-order chi connectivity index (χ0) is 24.0. The predicted octanol–water partition coefficient (Wildman–Crippen LogP) is 7.18. The summed E-state index contributed by atoms with van der Waals surface area (Å²) in [6.45, 7) is 24.8. The number of phenolic OH excluding ortho intramolecular Hbond substituents is 1. The Labute approximate surface area is 185 Å². The summed E-state index contributed by atoms with van der Waals surface area (Å²) in [5, 5.41) is 11.3. The lowest BCUT2D eigenvalue weighted by Crippen LogP contribution is -2.38. The molecule has 0 spiro atoms. The van der Waals surface area contributed by atoms with Gasteiger partial charge in [0.15, 0.2) is 0 Å². The Kier molecular flexibility index (Phi) is 7.60. The van der Waals surface area contributed by atoms with Crippen LogP contribution in [0.25, 0.3) is 0 Å². The van der Waals surface area contributed by atoms with Gasteiger partial charge in [-0.3, -0.25) is 4.55 Å². The van der Waals surface area contributed by atoms with Crippen molar-refractivity contribution in [2.45, 2.75) is 107 Å². The summed E-state index contributed by atoms with van der Waals surface area (Å²) >= 11 is 0. The third kappa shape index (κ3) is 5.79. The van der Waals surface area contributed by atoms with Crippen LogP contribution in [-0.4, -0.2) is 18.1 Å². The standard InChI is InChI=1S/C25H44O4S/c1-15(2)13-24(9,10)22(25(11,12)14-23(6,7)8)19-20(26)17(4)16(3)18(5)21(19)30(27,28)29/h15,22,26H,13-14H2,1-12H3,(H,27,28,29). The van der Waals surface area contributed by atoms with E-state index in [1.54, 1.807) is 13.8 Å².